The Kier molecular flexibility index (Phi) is 6.42. The van der Waals surface area contributed by atoms with E-state index < -0.39 is 0 Å². The third-order valence-corrected chi connectivity index (χ3v) is 6.59. The van der Waals surface area contributed by atoms with Crippen LogP contribution >= 0.6 is 35.1 Å². The number of amides is 2. The summed E-state index contributed by atoms with van der Waals surface area (Å²) in [7, 11) is 3.46. The van der Waals surface area contributed by atoms with Crippen LogP contribution < -0.4 is 10.6 Å². The van der Waals surface area contributed by atoms with Gasteiger partial charge in [-0.05, 0) is 24.0 Å². The van der Waals surface area contributed by atoms with Gasteiger partial charge in [0.2, 0.25) is 0 Å². The molecule has 12 heteroatoms. The van der Waals surface area contributed by atoms with Gasteiger partial charge in [0.25, 0.3) is 11.8 Å². The minimum absolute atomic E-state index is 0.275. The molecule has 28 heavy (non-hydrogen) atoms. The second-order valence-corrected chi connectivity index (χ2v) is 8.39. The van der Waals surface area contributed by atoms with Crippen LogP contribution in [-0.2, 0) is 20.6 Å². The molecule has 0 saturated heterocycles. The van der Waals surface area contributed by atoms with E-state index in [1.807, 2.05) is 25.8 Å². The summed E-state index contributed by atoms with van der Waals surface area (Å²) in [6.07, 6.45) is 8.74. The number of carbonyl (C=O) groups excluding carboxylic acids is 2. The number of anilines is 1. The smallest absolute Gasteiger partial charge is 0.271 e. The lowest BCUT2D eigenvalue weighted by Crippen LogP contribution is -2.26. The van der Waals surface area contributed by atoms with Crippen molar-refractivity contribution in [2.24, 2.45) is 14.1 Å². The van der Waals surface area contributed by atoms with Crippen LogP contribution in [-0.4, -0.2) is 48.3 Å². The normalized spacial score (nSPS) is 10.9. The van der Waals surface area contributed by atoms with E-state index >= 15 is 0 Å². The molecule has 9 nitrogen and oxygen atoms in total. The van der Waals surface area contributed by atoms with Gasteiger partial charge >= 0.3 is 0 Å². The molecule has 0 aromatic carbocycles. The maximum absolute atomic E-state index is 12.8. The molecular weight excluding hydrogens is 418 g/mol. The number of hydrogen-bond acceptors (Lipinski definition) is 8. The van der Waals surface area contributed by atoms with Gasteiger partial charge in [0, 0.05) is 32.4 Å². The quantitative estimate of drug-likeness (QED) is 0.546. The van der Waals surface area contributed by atoms with E-state index in [1.54, 1.807) is 17.9 Å². The first kappa shape index (κ1) is 20.4. The molecule has 0 saturated carbocycles. The fraction of sp³-hybridized carbons (Fsp3) is 0.312. The van der Waals surface area contributed by atoms with Gasteiger partial charge in [0.1, 0.15) is 10.7 Å². The van der Waals surface area contributed by atoms with Gasteiger partial charge in [-0.15, -0.1) is 23.5 Å². The molecule has 0 aliphatic carbocycles. The Hall–Kier alpha value is -2.31. The summed E-state index contributed by atoms with van der Waals surface area (Å²) in [5.74, 6) is -0.644. The third-order valence-electron chi connectivity index (χ3n) is 3.85. The molecule has 0 spiro atoms. The summed E-state index contributed by atoms with van der Waals surface area (Å²) < 4.78 is 8.24. The van der Waals surface area contributed by atoms with Crippen LogP contribution in [0.4, 0.5) is 5.69 Å². The van der Waals surface area contributed by atoms with Crippen molar-refractivity contribution < 1.29 is 9.59 Å². The second kappa shape index (κ2) is 8.80. The fourth-order valence-electron chi connectivity index (χ4n) is 2.54. The number of rotatable bonds is 7. The van der Waals surface area contributed by atoms with Crippen LogP contribution in [0, 0.1) is 0 Å². The molecule has 2 amide bonds. The topological polar surface area (TPSA) is 107 Å². The Bertz CT molecular complexity index is 986. The van der Waals surface area contributed by atoms with Crippen molar-refractivity contribution in [2.45, 2.75) is 15.8 Å². The summed E-state index contributed by atoms with van der Waals surface area (Å²) in [5.41, 5.74) is 2.02. The summed E-state index contributed by atoms with van der Waals surface area (Å²) >= 11 is 4.17. The summed E-state index contributed by atoms with van der Waals surface area (Å²) in [6, 6.07) is 0. The van der Waals surface area contributed by atoms with E-state index in [9.17, 15) is 9.59 Å². The van der Waals surface area contributed by atoms with Crippen molar-refractivity contribution in [2.75, 3.05) is 17.8 Å². The Balaban J connectivity index is 1.78. The molecule has 148 valence electrons. The third kappa shape index (κ3) is 4.23. The van der Waals surface area contributed by atoms with E-state index in [1.165, 1.54) is 45.9 Å². The number of carbonyl (C=O) groups is 2. The zero-order valence-corrected chi connectivity index (χ0v) is 18.2. The molecule has 3 aromatic rings. The van der Waals surface area contributed by atoms with Crippen LogP contribution in [0.5, 0.6) is 0 Å². The minimum atomic E-state index is -0.335. The van der Waals surface area contributed by atoms with Gasteiger partial charge < -0.3 is 10.6 Å². The molecule has 3 heterocycles. The van der Waals surface area contributed by atoms with Crippen LogP contribution in [0.3, 0.4) is 0 Å². The zero-order valence-electron chi connectivity index (χ0n) is 15.7. The van der Waals surface area contributed by atoms with E-state index in [-0.39, 0.29) is 17.5 Å². The van der Waals surface area contributed by atoms with Crippen LogP contribution in [0.15, 0.2) is 27.8 Å². The number of nitrogens with one attached hydrogen (secondary N) is 2. The lowest BCUT2D eigenvalue weighted by atomic mass is 10.3. The van der Waals surface area contributed by atoms with Crippen molar-refractivity contribution in [3.63, 3.8) is 0 Å². The second-order valence-electron chi connectivity index (χ2n) is 5.75. The number of aromatic nitrogens is 5. The van der Waals surface area contributed by atoms with Crippen LogP contribution in [0.2, 0.25) is 0 Å². The predicted octanol–water partition coefficient (Wildman–Crippen LogP) is 2.24. The standard InChI is InChI=1S/C16H19N7O2S3/c1-22-8-9(6-18-22)5-17-14(25)12-10(7-19-23(12)2)20-13(24)11-15(26-3)21-28-16(11)27-4/h6-8H,5H2,1-4H3,(H,17,25)(H,20,24). The fourth-order valence-corrected chi connectivity index (χ4v) is 4.82. The first-order valence-corrected chi connectivity index (χ1v) is 11.3. The van der Waals surface area contributed by atoms with E-state index in [0.29, 0.717) is 22.8 Å². The first-order valence-electron chi connectivity index (χ1n) is 8.11. The summed E-state index contributed by atoms with van der Waals surface area (Å²) in [4.78, 5) is 25.5. The van der Waals surface area contributed by atoms with Gasteiger partial charge in [-0.3, -0.25) is 19.0 Å². The van der Waals surface area contributed by atoms with E-state index in [2.05, 4.69) is 25.2 Å². The maximum Gasteiger partial charge on any atom is 0.271 e. The molecule has 0 radical (unpaired) electrons. The van der Waals surface area contributed by atoms with Gasteiger partial charge in [-0.2, -0.15) is 14.6 Å². The van der Waals surface area contributed by atoms with Gasteiger partial charge in [-0.25, -0.2) is 0 Å². The lowest BCUT2D eigenvalue weighted by molar-refractivity contribution is 0.0942. The molecule has 3 aromatic heterocycles. The maximum atomic E-state index is 12.8. The van der Waals surface area contributed by atoms with Crippen molar-refractivity contribution in [3.05, 3.63) is 35.4 Å². The lowest BCUT2D eigenvalue weighted by Gasteiger charge is -2.09. The number of nitrogens with zero attached hydrogens (tertiary/aromatic N) is 5. The molecule has 0 fully saturated rings. The van der Waals surface area contributed by atoms with Crippen molar-refractivity contribution in [3.8, 4) is 0 Å². The van der Waals surface area contributed by atoms with Gasteiger partial charge in [0.05, 0.1) is 27.9 Å². The van der Waals surface area contributed by atoms with E-state index in [4.69, 9.17) is 0 Å². The Morgan fingerprint density at radius 1 is 1.14 bits per heavy atom. The molecule has 2 N–H and O–H groups in total. The van der Waals surface area contributed by atoms with E-state index in [0.717, 1.165) is 9.77 Å². The highest BCUT2D eigenvalue weighted by Gasteiger charge is 2.24. The van der Waals surface area contributed by atoms with Crippen molar-refractivity contribution >= 4 is 52.6 Å². The van der Waals surface area contributed by atoms with Gasteiger partial charge in [0.15, 0.2) is 0 Å². The molecule has 0 bridgehead atoms. The molecule has 3 rings (SSSR count). The highest BCUT2D eigenvalue weighted by atomic mass is 32.2. The highest BCUT2D eigenvalue weighted by Crippen LogP contribution is 2.33. The van der Waals surface area contributed by atoms with Gasteiger partial charge in [-0.1, -0.05) is 0 Å². The molecule has 0 aliphatic heterocycles. The molecular formula is C16H19N7O2S3. The van der Waals surface area contributed by atoms with Crippen LogP contribution in [0.25, 0.3) is 0 Å². The Labute approximate surface area is 174 Å². The summed E-state index contributed by atoms with van der Waals surface area (Å²) in [6.45, 7) is 0.326. The minimum Gasteiger partial charge on any atom is -0.346 e. The first-order chi connectivity index (χ1) is 13.4. The monoisotopic (exact) mass is 437 g/mol. The zero-order chi connectivity index (χ0) is 20.3. The van der Waals surface area contributed by atoms with Crippen molar-refractivity contribution in [1.29, 1.82) is 0 Å². The Morgan fingerprint density at radius 3 is 2.57 bits per heavy atom. The largest absolute Gasteiger partial charge is 0.346 e. The van der Waals surface area contributed by atoms with Crippen LogP contribution in [0.1, 0.15) is 26.4 Å². The number of aryl methyl sites for hydroxylation is 2. The predicted molar refractivity (Wildman–Crippen MR) is 111 cm³/mol. The molecule has 0 atom stereocenters. The average molecular weight is 438 g/mol. The average Bonchev–Trinajstić information content (AvgIpc) is 3.38. The van der Waals surface area contributed by atoms with Crippen molar-refractivity contribution in [1.82, 2.24) is 29.3 Å². The number of hydrogen-bond donors (Lipinski definition) is 2. The summed E-state index contributed by atoms with van der Waals surface area (Å²) in [5, 5.41) is 14.5. The molecule has 0 unspecified atom stereocenters. The highest BCUT2D eigenvalue weighted by molar-refractivity contribution is 8.01. The molecule has 0 aliphatic rings. The Morgan fingerprint density at radius 2 is 1.93 bits per heavy atom. The number of thioether (sulfide) groups is 2. The SMILES string of the molecule is CSc1nsc(SC)c1C(=O)Nc1cnn(C)c1C(=O)NCc1cnn(C)c1.